The lowest BCUT2D eigenvalue weighted by molar-refractivity contribution is 0.0950. The van der Waals surface area contributed by atoms with E-state index in [-0.39, 0.29) is 5.91 Å². The molecule has 0 aliphatic heterocycles. The van der Waals surface area contributed by atoms with Crippen LogP contribution < -0.4 is 10.1 Å². The number of amides is 1. The Morgan fingerprint density at radius 1 is 1.23 bits per heavy atom. The molecule has 0 radical (unpaired) electrons. The van der Waals surface area contributed by atoms with Crippen molar-refractivity contribution in [3.8, 4) is 0 Å². The maximum atomic E-state index is 12.4. The van der Waals surface area contributed by atoms with Gasteiger partial charge in [0.1, 0.15) is 0 Å². The third-order valence-corrected chi connectivity index (χ3v) is 5.86. The Kier molecular flexibility index (Phi) is 6.67. The molecule has 0 atom stereocenters. The number of thiazole rings is 1. The number of nitrogens with zero attached hydrogens (tertiary/aromatic N) is 2. The number of hydrogen-bond acceptors (Lipinski definition) is 3. The zero-order chi connectivity index (χ0) is 18.4. The van der Waals surface area contributed by atoms with Gasteiger partial charge in [-0.05, 0) is 38.3 Å². The van der Waals surface area contributed by atoms with Crippen molar-refractivity contribution in [2.75, 3.05) is 0 Å². The number of rotatable bonds is 6. The topological polar surface area (TPSA) is 46.4 Å². The monoisotopic (exact) mass is 371 g/mol. The number of nitrogens with one attached hydrogen (secondary N) is 1. The maximum Gasteiger partial charge on any atom is 0.251 e. The van der Waals surface area contributed by atoms with Crippen molar-refractivity contribution < 1.29 is 4.79 Å². The summed E-state index contributed by atoms with van der Waals surface area (Å²) < 4.78 is 2.29. The van der Waals surface area contributed by atoms with Crippen molar-refractivity contribution >= 4 is 17.2 Å². The van der Waals surface area contributed by atoms with E-state index in [1.165, 1.54) is 32.1 Å². The molecule has 0 unspecified atom stereocenters. The van der Waals surface area contributed by atoms with Gasteiger partial charge in [-0.15, -0.1) is 11.3 Å². The normalized spacial score (nSPS) is 16.0. The predicted molar refractivity (Wildman–Crippen MR) is 107 cm³/mol. The summed E-state index contributed by atoms with van der Waals surface area (Å²) in [5.41, 5.74) is 3.01. The third-order valence-electron chi connectivity index (χ3n) is 4.94. The lowest BCUT2D eigenvalue weighted by Gasteiger charge is -2.17. The van der Waals surface area contributed by atoms with E-state index in [4.69, 9.17) is 4.99 Å². The van der Waals surface area contributed by atoms with Gasteiger partial charge < -0.3 is 9.88 Å². The molecule has 1 N–H and O–H groups in total. The molecule has 1 aromatic heterocycles. The fourth-order valence-electron chi connectivity index (χ4n) is 3.42. The van der Waals surface area contributed by atoms with Crippen molar-refractivity contribution in [2.45, 2.75) is 71.5 Å². The Morgan fingerprint density at radius 2 is 1.96 bits per heavy atom. The van der Waals surface area contributed by atoms with Crippen molar-refractivity contribution in [1.82, 2.24) is 9.88 Å². The van der Waals surface area contributed by atoms with Crippen LogP contribution in [0.2, 0.25) is 0 Å². The first-order valence-electron chi connectivity index (χ1n) is 9.73. The Bertz CT molecular complexity index is 782. The van der Waals surface area contributed by atoms with E-state index in [0.29, 0.717) is 18.2 Å². The smallest absolute Gasteiger partial charge is 0.251 e. The van der Waals surface area contributed by atoms with Gasteiger partial charge in [0.15, 0.2) is 4.80 Å². The number of carbonyl (C=O) groups excluding carboxylic acids is 1. The van der Waals surface area contributed by atoms with Crippen LogP contribution in [0.1, 0.15) is 67.1 Å². The maximum absolute atomic E-state index is 12.4. The Morgan fingerprint density at radius 3 is 2.65 bits per heavy atom. The van der Waals surface area contributed by atoms with Gasteiger partial charge in [0, 0.05) is 23.2 Å². The SMILES string of the molecule is CCCn1c(CNC(=O)c2ccc(C)cc2)csc1=NC1CCCCC1. The summed E-state index contributed by atoms with van der Waals surface area (Å²) in [7, 11) is 0. The molecule has 1 aliphatic carbocycles. The standard InChI is InChI=1S/C21H29N3OS/c1-3-13-24-19(14-22-20(25)17-11-9-16(2)10-12-17)15-26-21(24)23-18-7-5-4-6-8-18/h9-12,15,18H,3-8,13-14H2,1-2H3,(H,22,25). The molecule has 4 nitrogen and oxygen atoms in total. The van der Waals surface area contributed by atoms with Crippen LogP contribution >= 0.6 is 11.3 Å². The molecule has 1 saturated carbocycles. The quantitative estimate of drug-likeness (QED) is 0.802. The van der Waals surface area contributed by atoms with Crippen molar-refractivity contribution in [2.24, 2.45) is 4.99 Å². The fraction of sp³-hybridized carbons (Fsp3) is 0.524. The lowest BCUT2D eigenvalue weighted by Crippen LogP contribution is -2.27. The lowest BCUT2D eigenvalue weighted by atomic mass is 9.96. The number of aryl methyl sites for hydroxylation is 1. The zero-order valence-corrected chi connectivity index (χ0v) is 16.6. The van der Waals surface area contributed by atoms with Gasteiger partial charge in [0.25, 0.3) is 5.91 Å². The molecule has 2 aromatic rings. The van der Waals surface area contributed by atoms with E-state index in [0.717, 1.165) is 29.0 Å². The molecule has 1 aromatic carbocycles. The zero-order valence-electron chi connectivity index (χ0n) is 15.8. The second-order valence-electron chi connectivity index (χ2n) is 7.13. The molecule has 140 valence electrons. The molecule has 1 aliphatic rings. The summed E-state index contributed by atoms with van der Waals surface area (Å²) in [6, 6.07) is 8.17. The molecule has 5 heteroatoms. The van der Waals surface area contributed by atoms with E-state index < -0.39 is 0 Å². The number of hydrogen-bond donors (Lipinski definition) is 1. The van der Waals surface area contributed by atoms with Crippen LogP contribution in [0, 0.1) is 6.92 Å². The molecule has 26 heavy (non-hydrogen) atoms. The summed E-state index contributed by atoms with van der Waals surface area (Å²) in [4.78, 5) is 18.5. The van der Waals surface area contributed by atoms with Gasteiger partial charge >= 0.3 is 0 Å². The first kappa shape index (κ1) is 18.9. The molecule has 0 bridgehead atoms. The summed E-state index contributed by atoms with van der Waals surface area (Å²) in [6.07, 6.45) is 7.43. The van der Waals surface area contributed by atoms with Crippen molar-refractivity contribution in [3.05, 3.63) is 51.3 Å². The van der Waals surface area contributed by atoms with Crippen LogP contribution in [0.5, 0.6) is 0 Å². The summed E-state index contributed by atoms with van der Waals surface area (Å²) in [6.45, 7) is 5.70. The van der Waals surface area contributed by atoms with E-state index in [2.05, 4.69) is 22.2 Å². The van der Waals surface area contributed by atoms with Gasteiger partial charge in [-0.3, -0.25) is 9.79 Å². The van der Waals surface area contributed by atoms with Gasteiger partial charge in [0.05, 0.1) is 12.6 Å². The van der Waals surface area contributed by atoms with Crippen LogP contribution in [0.15, 0.2) is 34.6 Å². The first-order valence-corrected chi connectivity index (χ1v) is 10.6. The minimum atomic E-state index is -0.0231. The van der Waals surface area contributed by atoms with Crippen molar-refractivity contribution in [3.63, 3.8) is 0 Å². The fourth-order valence-corrected chi connectivity index (χ4v) is 4.41. The van der Waals surface area contributed by atoms with Crippen LogP contribution in [0.4, 0.5) is 0 Å². The van der Waals surface area contributed by atoms with Crippen molar-refractivity contribution in [1.29, 1.82) is 0 Å². The Hall–Kier alpha value is -1.88. The van der Waals surface area contributed by atoms with Gasteiger partial charge in [-0.1, -0.05) is 43.9 Å². The number of aromatic nitrogens is 1. The predicted octanol–water partition coefficient (Wildman–Crippen LogP) is 4.43. The van der Waals surface area contributed by atoms with Crippen LogP contribution in [-0.2, 0) is 13.1 Å². The minimum absolute atomic E-state index is 0.0231. The third kappa shape index (κ3) is 4.85. The average molecular weight is 372 g/mol. The molecule has 0 spiro atoms. The summed E-state index contributed by atoms with van der Waals surface area (Å²) in [5.74, 6) is -0.0231. The molecule has 1 amide bonds. The van der Waals surface area contributed by atoms with E-state index in [9.17, 15) is 4.79 Å². The summed E-state index contributed by atoms with van der Waals surface area (Å²) >= 11 is 1.70. The van der Waals surface area contributed by atoms with Crippen LogP contribution in [0.25, 0.3) is 0 Å². The molecule has 0 saturated heterocycles. The molecular weight excluding hydrogens is 342 g/mol. The van der Waals surface area contributed by atoms with Gasteiger partial charge in [-0.2, -0.15) is 0 Å². The second-order valence-corrected chi connectivity index (χ2v) is 7.97. The van der Waals surface area contributed by atoms with E-state index in [1.54, 1.807) is 11.3 Å². The minimum Gasteiger partial charge on any atom is -0.346 e. The van der Waals surface area contributed by atoms with Crippen LogP contribution in [0.3, 0.4) is 0 Å². The highest BCUT2D eigenvalue weighted by Crippen LogP contribution is 2.20. The second kappa shape index (κ2) is 9.17. The number of carbonyl (C=O) groups is 1. The van der Waals surface area contributed by atoms with Crippen LogP contribution in [-0.4, -0.2) is 16.5 Å². The molecule has 1 heterocycles. The van der Waals surface area contributed by atoms with E-state index >= 15 is 0 Å². The summed E-state index contributed by atoms with van der Waals surface area (Å²) in [5, 5.41) is 5.20. The molecular formula is C21H29N3OS. The highest BCUT2D eigenvalue weighted by Gasteiger charge is 2.14. The average Bonchev–Trinajstić information content (AvgIpc) is 3.03. The first-order chi connectivity index (χ1) is 12.7. The number of benzene rings is 1. The van der Waals surface area contributed by atoms with E-state index in [1.807, 2.05) is 31.2 Å². The van der Waals surface area contributed by atoms with Gasteiger partial charge in [0.2, 0.25) is 0 Å². The van der Waals surface area contributed by atoms with Gasteiger partial charge in [-0.25, -0.2) is 0 Å². The largest absolute Gasteiger partial charge is 0.346 e. The Balaban J connectivity index is 1.71. The highest BCUT2D eigenvalue weighted by atomic mass is 32.1. The molecule has 1 fully saturated rings. The highest BCUT2D eigenvalue weighted by molar-refractivity contribution is 7.07. The Labute approximate surface area is 160 Å². The molecule has 3 rings (SSSR count).